The summed E-state index contributed by atoms with van der Waals surface area (Å²) in [5.41, 5.74) is 0. The summed E-state index contributed by atoms with van der Waals surface area (Å²) in [6, 6.07) is 1.97. The van der Waals surface area contributed by atoms with Gasteiger partial charge in [-0.1, -0.05) is 5.16 Å². The summed E-state index contributed by atoms with van der Waals surface area (Å²) < 4.78 is 16.0. The van der Waals surface area contributed by atoms with Crippen LogP contribution >= 0.6 is 11.3 Å². The first-order valence-electron chi connectivity index (χ1n) is 5.84. The van der Waals surface area contributed by atoms with Gasteiger partial charge < -0.3 is 14.0 Å². The molecule has 18 heavy (non-hydrogen) atoms. The Kier molecular flexibility index (Phi) is 3.05. The fourth-order valence-electron chi connectivity index (χ4n) is 2.02. The Balaban J connectivity index is 1.92. The van der Waals surface area contributed by atoms with Crippen molar-refractivity contribution in [1.29, 1.82) is 0 Å². The molecule has 0 bridgehead atoms. The topological polar surface area (TPSA) is 57.4 Å². The first-order chi connectivity index (χ1) is 8.78. The molecule has 0 radical (unpaired) electrons. The van der Waals surface area contributed by atoms with Gasteiger partial charge in [-0.05, 0) is 19.4 Å². The Labute approximate surface area is 109 Å². The Morgan fingerprint density at radius 3 is 3.11 bits per heavy atom. The average Bonchev–Trinajstić information content (AvgIpc) is 3.08. The molecule has 0 spiro atoms. The van der Waals surface area contributed by atoms with Crippen LogP contribution in [0, 0.1) is 6.92 Å². The lowest BCUT2D eigenvalue weighted by atomic mass is 10.1. The smallest absolute Gasteiger partial charge is 0.271 e. The molecule has 0 N–H and O–H groups in total. The lowest BCUT2D eigenvalue weighted by molar-refractivity contribution is 0.192. The van der Waals surface area contributed by atoms with Crippen molar-refractivity contribution in [3.05, 3.63) is 16.8 Å². The van der Waals surface area contributed by atoms with Crippen LogP contribution < -0.4 is 4.74 Å². The molecule has 1 fully saturated rings. The molecule has 0 saturated carbocycles. The first-order valence-corrected chi connectivity index (χ1v) is 6.65. The molecular weight excluding hydrogens is 252 g/mol. The van der Waals surface area contributed by atoms with E-state index in [0.29, 0.717) is 12.5 Å². The van der Waals surface area contributed by atoms with E-state index in [4.69, 9.17) is 14.0 Å². The van der Waals surface area contributed by atoms with Crippen LogP contribution in [0.25, 0.3) is 10.8 Å². The third kappa shape index (κ3) is 2.02. The molecule has 6 heteroatoms. The second kappa shape index (κ2) is 4.70. The normalized spacial score (nSPS) is 19.3. The molecule has 1 aliphatic rings. The van der Waals surface area contributed by atoms with Gasteiger partial charge in [-0.2, -0.15) is 4.98 Å². The monoisotopic (exact) mass is 266 g/mol. The summed E-state index contributed by atoms with van der Waals surface area (Å²) in [7, 11) is 1.65. The highest BCUT2D eigenvalue weighted by Crippen LogP contribution is 2.37. The van der Waals surface area contributed by atoms with Crippen LogP contribution in [0.2, 0.25) is 0 Å². The molecule has 0 aromatic carbocycles. The number of ether oxygens (including phenoxy) is 2. The fraction of sp³-hybridized carbons (Fsp3) is 0.500. The summed E-state index contributed by atoms with van der Waals surface area (Å²) in [4.78, 5) is 6.51. The van der Waals surface area contributed by atoms with E-state index >= 15 is 0 Å². The van der Waals surface area contributed by atoms with Gasteiger partial charge in [0.2, 0.25) is 0 Å². The Morgan fingerprint density at radius 2 is 2.39 bits per heavy atom. The number of hydrogen-bond donors (Lipinski definition) is 0. The van der Waals surface area contributed by atoms with Gasteiger partial charge in [0.1, 0.15) is 10.6 Å². The maximum Gasteiger partial charge on any atom is 0.271 e. The van der Waals surface area contributed by atoms with E-state index in [2.05, 4.69) is 10.1 Å². The summed E-state index contributed by atoms with van der Waals surface area (Å²) in [5, 5.41) is 4.04. The number of methoxy groups -OCH3 is 1. The number of rotatable bonds is 3. The zero-order valence-corrected chi connectivity index (χ0v) is 11.1. The molecule has 5 nitrogen and oxygen atoms in total. The van der Waals surface area contributed by atoms with Crippen molar-refractivity contribution in [1.82, 2.24) is 10.1 Å². The predicted octanol–water partition coefficient (Wildman–Crippen LogP) is 2.62. The van der Waals surface area contributed by atoms with Gasteiger partial charge in [0.25, 0.3) is 5.89 Å². The number of hydrogen-bond acceptors (Lipinski definition) is 6. The van der Waals surface area contributed by atoms with E-state index in [0.717, 1.165) is 34.4 Å². The molecule has 0 amide bonds. The van der Waals surface area contributed by atoms with Crippen LogP contribution in [0.3, 0.4) is 0 Å². The maximum absolute atomic E-state index is 5.33. The van der Waals surface area contributed by atoms with Crippen molar-refractivity contribution < 1.29 is 14.0 Å². The third-order valence-corrected chi connectivity index (χ3v) is 3.99. The van der Waals surface area contributed by atoms with Gasteiger partial charge >= 0.3 is 0 Å². The molecule has 3 heterocycles. The number of nitrogens with zero attached hydrogens (tertiary/aromatic N) is 2. The van der Waals surface area contributed by atoms with E-state index < -0.39 is 0 Å². The van der Waals surface area contributed by atoms with Crippen LogP contribution in [0.15, 0.2) is 10.6 Å². The summed E-state index contributed by atoms with van der Waals surface area (Å²) in [6.07, 6.45) is 0.958. The van der Waals surface area contributed by atoms with Crippen molar-refractivity contribution in [3.8, 4) is 16.5 Å². The number of thiophene rings is 1. The average molecular weight is 266 g/mol. The quantitative estimate of drug-likeness (QED) is 0.854. The van der Waals surface area contributed by atoms with Crippen LogP contribution in [0.4, 0.5) is 0 Å². The van der Waals surface area contributed by atoms with Crippen molar-refractivity contribution >= 4 is 11.3 Å². The molecule has 96 valence electrons. The zero-order chi connectivity index (χ0) is 12.5. The number of aryl methyl sites for hydroxylation is 1. The van der Waals surface area contributed by atoms with E-state index in [1.807, 2.05) is 13.0 Å². The van der Waals surface area contributed by atoms with Crippen LogP contribution in [0.1, 0.15) is 23.0 Å². The standard InChI is InChI=1S/C12H14N2O3S/c1-7-5-9(15-2)10(18-7)12-13-11(14-17-12)8-3-4-16-6-8/h5,8H,3-4,6H2,1-2H3/t8-/m1/s1. The van der Waals surface area contributed by atoms with Gasteiger partial charge in [0.15, 0.2) is 5.82 Å². The predicted molar refractivity (Wildman–Crippen MR) is 67.1 cm³/mol. The van der Waals surface area contributed by atoms with Gasteiger partial charge in [0, 0.05) is 17.4 Å². The molecule has 2 aromatic rings. The zero-order valence-electron chi connectivity index (χ0n) is 10.3. The van der Waals surface area contributed by atoms with Crippen LogP contribution in [-0.4, -0.2) is 30.5 Å². The van der Waals surface area contributed by atoms with Crippen LogP contribution in [-0.2, 0) is 4.74 Å². The minimum atomic E-state index is 0.259. The molecule has 0 unspecified atom stereocenters. The highest BCUT2D eigenvalue weighted by Gasteiger charge is 2.25. The highest BCUT2D eigenvalue weighted by molar-refractivity contribution is 7.15. The second-order valence-corrected chi connectivity index (χ2v) is 5.53. The van der Waals surface area contributed by atoms with Crippen molar-refractivity contribution in [2.75, 3.05) is 20.3 Å². The fourth-order valence-corrected chi connectivity index (χ4v) is 2.92. The summed E-state index contributed by atoms with van der Waals surface area (Å²) in [6.45, 7) is 3.48. The molecule has 1 saturated heterocycles. The van der Waals surface area contributed by atoms with Crippen LogP contribution in [0.5, 0.6) is 5.75 Å². The Hall–Kier alpha value is -1.40. The minimum Gasteiger partial charge on any atom is -0.495 e. The van der Waals surface area contributed by atoms with Gasteiger partial charge in [-0.3, -0.25) is 0 Å². The molecular formula is C12H14N2O3S. The Morgan fingerprint density at radius 1 is 1.50 bits per heavy atom. The lowest BCUT2D eigenvalue weighted by Gasteiger charge is -1.98. The van der Waals surface area contributed by atoms with Crippen molar-refractivity contribution in [3.63, 3.8) is 0 Å². The molecule has 1 atom stereocenters. The van der Waals surface area contributed by atoms with Gasteiger partial charge in [-0.25, -0.2) is 0 Å². The second-order valence-electron chi connectivity index (χ2n) is 4.27. The van der Waals surface area contributed by atoms with Gasteiger partial charge in [-0.15, -0.1) is 11.3 Å². The summed E-state index contributed by atoms with van der Waals surface area (Å²) in [5.74, 6) is 2.31. The molecule has 1 aliphatic heterocycles. The molecule has 3 rings (SSSR count). The van der Waals surface area contributed by atoms with Gasteiger partial charge in [0.05, 0.1) is 13.7 Å². The van der Waals surface area contributed by atoms with E-state index in [1.165, 1.54) is 0 Å². The number of aromatic nitrogens is 2. The largest absolute Gasteiger partial charge is 0.495 e. The van der Waals surface area contributed by atoms with Crippen molar-refractivity contribution in [2.24, 2.45) is 0 Å². The van der Waals surface area contributed by atoms with E-state index in [-0.39, 0.29) is 5.92 Å². The first kappa shape index (κ1) is 11.7. The minimum absolute atomic E-state index is 0.259. The highest BCUT2D eigenvalue weighted by atomic mass is 32.1. The summed E-state index contributed by atoms with van der Waals surface area (Å²) >= 11 is 1.60. The van der Waals surface area contributed by atoms with E-state index in [1.54, 1.807) is 18.4 Å². The molecule has 2 aromatic heterocycles. The lowest BCUT2D eigenvalue weighted by Crippen LogP contribution is -1.99. The molecule has 0 aliphatic carbocycles. The third-order valence-electron chi connectivity index (χ3n) is 2.97. The SMILES string of the molecule is COc1cc(C)sc1-c1nc([C@@H]2CCOC2)no1. The van der Waals surface area contributed by atoms with E-state index in [9.17, 15) is 0 Å². The van der Waals surface area contributed by atoms with Crippen molar-refractivity contribution in [2.45, 2.75) is 19.3 Å². The Bertz CT molecular complexity index is 543. The maximum atomic E-state index is 5.33.